The lowest BCUT2D eigenvalue weighted by Gasteiger charge is -2.39. The molecule has 2 heterocycles. The summed E-state index contributed by atoms with van der Waals surface area (Å²) in [5, 5.41) is 0. The van der Waals surface area contributed by atoms with Crippen molar-refractivity contribution >= 4 is 11.9 Å². The summed E-state index contributed by atoms with van der Waals surface area (Å²) in [5.41, 5.74) is 0.403. The molecule has 1 aliphatic carbocycles. The molecule has 4 rings (SSSR count). The lowest BCUT2D eigenvalue weighted by atomic mass is 9.65. The Kier molecular flexibility index (Phi) is 4.32. The fourth-order valence-corrected chi connectivity index (χ4v) is 5.20. The maximum Gasteiger partial charge on any atom is 0.351 e. The molecule has 1 amide bonds. The molecule has 1 aromatic carbocycles. The zero-order chi connectivity index (χ0) is 19.2. The van der Waals surface area contributed by atoms with Crippen molar-refractivity contribution in [3.05, 3.63) is 24.3 Å². The van der Waals surface area contributed by atoms with Gasteiger partial charge in [-0.25, -0.2) is 4.79 Å². The number of rotatable bonds is 3. The highest BCUT2D eigenvalue weighted by Crippen LogP contribution is 2.52. The summed E-state index contributed by atoms with van der Waals surface area (Å²) in [6, 6.07) is 7.42. The molecule has 6 heteroatoms. The summed E-state index contributed by atoms with van der Waals surface area (Å²) in [4.78, 5) is 26.9. The summed E-state index contributed by atoms with van der Waals surface area (Å²) in [6.45, 7) is 7.38. The predicted octanol–water partition coefficient (Wildman–Crippen LogP) is 2.80. The Hall–Kier alpha value is -2.24. The van der Waals surface area contributed by atoms with Crippen molar-refractivity contribution in [1.82, 2.24) is 4.90 Å². The normalized spacial score (nSPS) is 30.7. The predicted molar refractivity (Wildman–Crippen MR) is 98.6 cm³/mol. The molecule has 2 bridgehead atoms. The number of benzene rings is 1. The fourth-order valence-electron chi connectivity index (χ4n) is 5.20. The van der Waals surface area contributed by atoms with Crippen LogP contribution in [0.1, 0.15) is 40.0 Å². The first-order chi connectivity index (χ1) is 12.7. The molecule has 2 fully saturated rings. The zero-order valence-corrected chi connectivity index (χ0v) is 16.2. The van der Waals surface area contributed by atoms with E-state index in [4.69, 9.17) is 14.2 Å². The van der Waals surface area contributed by atoms with E-state index in [1.54, 1.807) is 12.1 Å². The molecule has 0 N–H and O–H groups in total. The summed E-state index contributed by atoms with van der Waals surface area (Å²) in [5.74, 6) is 0.441. The van der Waals surface area contributed by atoms with Crippen molar-refractivity contribution in [1.29, 1.82) is 0 Å². The average Bonchev–Trinajstić information content (AvgIpc) is 2.87. The van der Waals surface area contributed by atoms with Crippen molar-refractivity contribution in [3.63, 3.8) is 0 Å². The third-order valence-corrected chi connectivity index (χ3v) is 5.84. The highest BCUT2D eigenvalue weighted by atomic mass is 16.6. The molecule has 6 nitrogen and oxygen atoms in total. The first-order valence-electron chi connectivity index (χ1n) is 9.59. The van der Waals surface area contributed by atoms with Crippen LogP contribution in [0.5, 0.6) is 11.5 Å². The Morgan fingerprint density at radius 2 is 1.93 bits per heavy atom. The maximum absolute atomic E-state index is 12.7. The molecule has 0 spiro atoms. The molecule has 146 valence electrons. The van der Waals surface area contributed by atoms with Gasteiger partial charge in [0.25, 0.3) is 5.91 Å². The summed E-state index contributed by atoms with van der Waals surface area (Å²) < 4.78 is 16.4. The van der Waals surface area contributed by atoms with Gasteiger partial charge in [-0.2, -0.15) is 0 Å². The van der Waals surface area contributed by atoms with Gasteiger partial charge in [0.05, 0.1) is 0 Å². The van der Waals surface area contributed by atoms with Crippen LogP contribution >= 0.6 is 0 Å². The lowest BCUT2D eigenvalue weighted by Crippen LogP contribution is -2.42. The smallest absolute Gasteiger partial charge is 0.351 e. The van der Waals surface area contributed by atoms with E-state index in [1.807, 2.05) is 17.0 Å². The second-order valence-electron chi connectivity index (χ2n) is 9.21. The monoisotopic (exact) mass is 373 g/mol. The van der Waals surface area contributed by atoms with Crippen molar-refractivity contribution in [3.8, 4) is 11.5 Å². The van der Waals surface area contributed by atoms with Crippen LogP contribution in [0.4, 0.5) is 0 Å². The van der Waals surface area contributed by atoms with E-state index in [9.17, 15) is 9.59 Å². The molecule has 1 aromatic rings. The quantitative estimate of drug-likeness (QED) is 0.763. The molecule has 3 atom stereocenters. The first-order valence-corrected chi connectivity index (χ1v) is 9.59. The highest BCUT2D eigenvalue weighted by molar-refractivity contribution is 5.83. The molecule has 2 aliphatic heterocycles. The second kappa shape index (κ2) is 6.43. The molecule has 0 aromatic heterocycles. The minimum Gasteiger partial charge on any atom is -0.485 e. The molecular weight excluding hydrogens is 346 g/mol. The molecular formula is C21H27NO5. The second-order valence-corrected chi connectivity index (χ2v) is 9.21. The number of carbonyl (C=O) groups excluding carboxylic acids is 2. The van der Waals surface area contributed by atoms with Gasteiger partial charge in [-0.05, 0) is 42.2 Å². The number of fused-ring (bicyclic) bond motifs is 3. The SMILES string of the molecule is CC1(C)C[C@H]2C[C@@](C)(CN2C(=O)COC(=O)[C@H]2COc3ccccc3O2)C1. The zero-order valence-electron chi connectivity index (χ0n) is 16.2. The maximum atomic E-state index is 12.7. The Morgan fingerprint density at radius 1 is 1.19 bits per heavy atom. The number of esters is 1. The van der Waals surface area contributed by atoms with Crippen LogP contribution in [-0.4, -0.2) is 48.7 Å². The third kappa shape index (κ3) is 3.62. The molecule has 3 aliphatic rings. The van der Waals surface area contributed by atoms with Crippen LogP contribution in [0, 0.1) is 10.8 Å². The van der Waals surface area contributed by atoms with Crippen molar-refractivity contribution in [2.45, 2.75) is 52.2 Å². The number of ether oxygens (including phenoxy) is 3. The van der Waals surface area contributed by atoms with E-state index in [2.05, 4.69) is 20.8 Å². The van der Waals surface area contributed by atoms with E-state index >= 15 is 0 Å². The van der Waals surface area contributed by atoms with Crippen molar-refractivity contribution < 1.29 is 23.8 Å². The third-order valence-electron chi connectivity index (χ3n) is 5.84. The minimum atomic E-state index is -0.845. The number of amides is 1. The topological polar surface area (TPSA) is 65.1 Å². The number of hydrogen-bond donors (Lipinski definition) is 0. The fraction of sp³-hybridized carbons (Fsp3) is 0.619. The van der Waals surface area contributed by atoms with Crippen molar-refractivity contribution in [2.75, 3.05) is 19.8 Å². The Labute approximate surface area is 159 Å². The molecule has 0 unspecified atom stereocenters. The van der Waals surface area contributed by atoms with Crippen LogP contribution in [0.25, 0.3) is 0 Å². The van der Waals surface area contributed by atoms with E-state index in [1.165, 1.54) is 0 Å². The number of likely N-dealkylation sites (tertiary alicyclic amines) is 1. The standard InChI is InChI=1S/C21H27NO5/c1-20(2)8-14-9-21(3,12-20)13-22(14)18(23)11-26-19(24)17-10-25-15-6-4-5-7-16(15)27-17/h4-7,14,17H,8-13H2,1-3H3/t14-,17+,21+/m0/s1. The van der Waals surface area contributed by atoms with E-state index in [0.717, 1.165) is 25.8 Å². The van der Waals surface area contributed by atoms with Crippen LogP contribution in [0.2, 0.25) is 0 Å². The van der Waals surface area contributed by atoms with Crippen LogP contribution in [0.15, 0.2) is 24.3 Å². The highest BCUT2D eigenvalue weighted by Gasteiger charge is 2.51. The van der Waals surface area contributed by atoms with Gasteiger partial charge >= 0.3 is 5.97 Å². The lowest BCUT2D eigenvalue weighted by molar-refractivity contribution is -0.160. The largest absolute Gasteiger partial charge is 0.485 e. The Morgan fingerprint density at radius 3 is 2.70 bits per heavy atom. The van der Waals surface area contributed by atoms with Gasteiger partial charge < -0.3 is 19.1 Å². The van der Waals surface area contributed by atoms with Gasteiger partial charge in [0.1, 0.15) is 6.61 Å². The number of carbonyl (C=O) groups is 2. The van der Waals surface area contributed by atoms with E-state index in [-0.39, 0.29) is 36.0 Å². The molecule has 1 saturated heterocycles. The minimum absolute atomic E-state index is 0.0859. The molecule has 1 saturated carbocycles. The number of para-hydroxylation sites is 2. The molecule has 0 radical (unpaired) electrons. The molecule has 27 heavy (non-hydrogen) atoms. The number of nitrogens with zero attached hydrogens (tertiary/aromatic N) is 1. The van der Waals surface area contributed by atoms with Gasteiger partial charge in [-0.3, -0.25) is 4.79 Å². The Balaban J connectivity index is 1.33. The van der Waals surface area contributed by atoms with Gasteiger partial charge in [-0.1, -0.05) is 32.9 Å². The van der Waals surface area contributed by atoms with Crippen LogP contribution in [-0.2, 0) is 14.3 Å². The summed E-state index contributed by atoms with van der Waals surface area (Å²) in [6.07, 6.45) is 2.31. The first kappa shape index (κ1) is 18.1. The van der Waals surface area contributed by atoms with Gasteiger partial charge in [0.15, 0.2) is 18.1 Å². The summed E-state index contributed by atoms with van der Waals surface area (Å²) in [7, 11) is 0. The number of hydrogen-bond acceptors (Lipinski definition) is 5. The average molecular weight is 373 g/mol. The van der Waals surface area contributed by atoms with Gasteiger partial charge in [0.2, 0.25) is 6.10 Å². The Bertz CT molecular complexity index is 761. The van der Waals surface area contributed by atoms with E-state index < -0.39 is 12.1 Å². The van der Waals surface area contributed by atoms with Crippen molar-refractivity contribution in [2.24, 2.45) is 10.8 Å². The van der Waals surface area contributed by atoms with Gasteiger partial charge in [0, 0.05) is 12.6 Å². The van der Waals surface area contributed by atoms with Crippen LogP contribution in [0.3, 0.4) is 0 Å². The van der Waals surface area contributed by atoms with Gasteiger partial charge in [-0.15, -0.1) is 0 Å². The van der Waals surface area contributed by atoms with Crippen LogP contribution < -0.4 is 9.47 Å². The van der Waals surface area contributed by atoms with E-state index in [0.29, 0.717) is 11.5 Å². The summed E-state index contributed by atoms with van der Waals surface area (Å²) >= 11 is 0.